The van der Waals surface area contributed by atoms with Crippen molar-refractivity contribution in [1.82, 2.24) is 14.8 Å². The van der Waals surface area contributed by atoms with Crippen LogP contribution in [-0.4, -0.2) is 46.3 Å². The number of carbonyl (C=O) groups excluding carboxylic acids is 2. The number of anilines is 1. The molecule has 1 unspecified atom stereocenters. The van der Waals surface area contributed by atoms with Crippen molar-refractivity contribution in [3.63, 3.8) is 0 Å². The van der Waals surface area contributed by atoms with E-state index in [2.05, 4.69) is 10.00 Å². The predicted molar refractivity (Wildman–Crippen MR) is 98.1 cm³/mol. The van der Waals surface area contributed by atoms with Crippen molar-refractivity contribution in [1.29, 1.82) is 0 Å². The normalized spacial score (nSPS) is 23.2. The number of primary amides is 1. The highest BCUT2D eigenvalue weighted by Gasteiger charge is 2.58. The molecule has 2 aliphatic rings. The third-order valence-corrected chi connectivity index (χ3v) is 5.50. The molecule has 0 spiro atoms. The Morgan fingerprint density at radius 2 is 2.04 bits per heavy atom. The molecule has 142 valence electrons. The molecule has 3 heterocycles. The summed E-state index contributed by atoms with van der Waals surface area (Å²) in [5, 5.41) is 4.23. The number of amides is 1. The maximum absolute atomic E-state index is 11.7. The Balaban J connectivity index is 1.41. The van der Waals surface area contributed by atoms with Crippen LogP contribution in [0, 0.1) is 24.7 Å². The topological polar surface area (TPSA) is 103 Å². The van der Waals surface area contributed by atoms with Crippen molar-refractivity contribution in [3.8, 4) is 0 Å². The fraction of sp³-hybridized carbons (Fsp3) is 0.474. The molecular weight excluding hydrogens is 346 g/mol. The number of aromatic nitrogens is 3. The number of fused-ring (bicyclic) bond motifs is 1. The first-order chi connectivity index (χ1) is 13.0. The molecule has 1 aliphatic heterocycles. The number of hydrogen-bond acceptors (Lipinski definition) is 6. The van der Waals surface area contributed by atoms with Gasteiger partial charge in [0.15, 0.2) is 0 Å². The van der Waals surface area contributed by atoms with Crippen LogP contribution in [0.1, 0.15) is 28.5 Å². The standard InChI is InChI=1S/C19H23N5O3/c1-3-27-19(26)13-6-21-24(8-13)7-12-4-5-16(22-11(12)2)23-9-14-15(10-23)17(14)18(20)25/h4-6,8,14-15,17H,3,7,9-10H2,1-2H3,(H2,20,25)/t14-,15+,17?. The predicted octanol–water partition coefficient (Wildman–Crippen LogP) is 0.979. The summed E-state index contributed by atoms with van der Waals surface area (Å²) >= 11 is 0. The van der Waals surface area contributed by atoms with Crippen LogP contribution in [-0.2, 0) is 16.1 Å². The van der Waals surface area contributed by atoms with E-state index in [-0.39, 0.29) is 17.8 Å². The van der Waals surface area contributed by atoms with Crippen LogP contribution in [0.4, 0.5) is 5.82 Å². The zero-order chi connectivity index (χ0) is 19.1. The maximum Gasteiger partial charge on any atom is 0.341 e. The van der Waals surface area contributed by atoms with Crippen molar-refractivity contribution < 1.29 is 14.3 Å². The number of hydrogen-bond donors (Lipinski definition) is 1. The molecule has 1 amide bonds. The Morgan fingerprint density at radius 1 is 1.30 bits per heavy atom. The van der Waals surface area contributed by atoms with E-state index in [4.69, 9.17) is 15.5 Å². The first-order valence-corrected chi connectivity index (χ1v) is 9.18. The van der Waals surface area contributed by atoms with Crippen LogP contribution in [0.5, 0.6) is 0 Å². The van der Waals surface area contributed by atoms with Gasteiger partial charge in [-0.2, -0.15) is 5.10 Å². The largest absolute Gasteiger partial charge is 0.462 e. The molecular formula is C19H23N5O3. The minimum atomic E-state index is -0.365. The molecule has 2 aromatic heterocycles. The number of carbonyl (C=O) groups is 2. The van der Waals surface area contributed by atoms with Gasteiger partial charge in [0.05, 0.1) is 24.9 Å². The Kier molecular flexibility index (Phi) is 4.33. The van der Waals surface area contributed by atoms with Gasteiger partial charge in [-0.25, -0.2) is 9.78 Å². The van der Waals surface area contributed by atoms with Gasteiger partial charge >= 0.3 is 5.97 Å². The molecule has 0 bridgehead atoms. The number of nitrogens with zero attached hydrogens (tertiary/aromatic N) is 4. The zero-order valence-electron chi connectivity index (χ0n) is 15.5. The summed E-state index contributed by atoms with van der Waals surface area (Å²) in [7, 11) is 0. The van der Waals surface area contributed by atoms with E-state index in [1.165, 1.54) is 6.20 Å². The Labute approximate surface area is 157 Å². The number of esters is 1. The van der Waals surface area contributed by atoms with E-state index >= 15 is 0 Å². The highest BCUT2D eigenvalue weighted by Crippen LogP contribution is 2.52. The number of piperidine rings is 1. The van der Waals surface area contributed by atoms with Gasteiger partial charge in [0.1, 0.15) is 5.82 Å². The summed E-state index contributed by atoms with van der Waals surface area (Å²) in [5.74, 6) is 1.21. The lowest BCUT2D eigenvalue weighted by atomic mass is 10.2. The Hall–Kier alpha value is -2.90. The van der Waals surface area contributed by atoms with Crippen LogP contribution in [0.15, 0.2) is 24.5 Å². The van der Waals surface area contributed by atoms with Gasteiger partial charge in [0.2, 0.25) is 5.91 Å². The van der Waals surface area contributed by atoms with E-state index in [0.29, 0.717) is 30.6 Å². The van der Waals surface area contributed by atoms with Crippen molar-refractivity contribution in [2.24, 2.45) is 23.5 Å². The van der Waals surface area contributed by atoms with Crippen LogP contribution < -0.4 is 10.6 Å². The second kappa shape index (κ2) is 6.68. The third-order valence-electron chi connectivity index (χ3n) is 5.50. The quantitative estimate of drug-likeness (QED) is 0.762. The monoisotopic (exact) mass is 369 g/mol. The van der Waals surface area contributed by atoms with Gasteiger partial charge in [-0.05, 0) is 37.3 Å². The molecule has 1 saturated heterocycles. The highest BCUT2D eigenvalue weighted by molar-refractivity contribution is 5.88. The average molecular weight is 369 g/mol. The van der Waals surface area contributed by atoms with E-state index < -0.39 is 0 Å². The molecule has 0 aromatic carbocycles. The molecule has 4 rings (SSSR count). The zero-order valence-corrected chi connectivity index (χ0v) is 15.5. The molecule has 2 N–H and O–H groups in total. The van der Waals surface area contributed by atoms with Gasteiger partial charge in [-0.15, -0.1) is 0 Å². The first-order valence-electron chi connectivity index (χ1n) is 9.18. The molecule has 8 heteroatoms. The molecule has 0 radical (unpaired) electrons. The fourth-order valence-electron chi connectivity index (χ4n) is 4.00. The minimum absolute atomic E-state index is 0.0510. The van der Waals surface area contributed by atoms with Gasteiger partial charge in [-0.3, -0.25) is 9.48 Å². The van der Waals surface area contributed by atoms with Gasteiger partial charge < -0.3 is 15.4 Å². The summed E-state index contributed by atoms with van der Waals surface area (Å²) in [6, 6.07) is 4.04. The van der Waals surface area contributed by atoms with E-state index in [0.717, 1.165) is 30.2 Å². The fourth-order valence-corrected chi connectivity index (χ4v) is 4.00. The summed E-state index contributed by atoms with van der Waals surface area (Å²) in [6.45, 7) is 6.30. The lowest BCUT2D eigenvalue weighted by Gasteiger charge is -2.21. The minimum Gasteiger partial charge on any atom is -0.462 e. The molecule has 1 saturated carbocycles. The van der Waals surface area contributed by atoms with Gasteiger partial charge in [0, 0.05) is 30.9 Å². The number of aryl methyl sites for hydroxylation is 1. The molecule has 8 nitrogen and oxygen atoms in total. The van der Waals surface area contributed by atoms with E-state index in [9.17, 15) is 9.59 Å². The number of ether oxygens (including phenoxy) is 1. The molecule has 3 atom stereocenters. The van der Waals surface area contributed by atoms with Crippen molar-refractivity contribution in [2.75, 3.05) is 24.6 Å². The molecule has 1 aliphatic carbocycles. The second-order valence-corrected chi connectivity index (χ2v) is 7.22. The average Bonchev–Trinajstić information content (AvgIpc) is 2.99. The summed E-state index contributed by atoms with van der Waals surface area (Å²) in [6.07, 6.45) is 3.20. The van der Waals surface area contributed by atoms with Crippen molar-refractivity contribution in [3.05, 3.63) is 41.3 Å². The lowest BCUT2D eigenvalue weighted by Crippen LogP contribution is -2.29. The maximum atomic E-state index is 11.7. The smallest absolute Gasteiger partial charge is 0.341 e. The van der Waals surface area contributed by atoms with Crippen LogP contribution in [0.25, 0.3) is 0 Å². The Morgan fingerprint density at radius 3 is 2.67 bits per heavy atom. The summed E-state index contributed by atoms with van der Waals surface area (Å²) in [4.78, 5) is 30.0. The molecule has 2 fully saturated rings. The lowest BCUT2D eigenvalue weighted by molar-refractivity contribution is -0.119. The van der Waals surface area contributed by atoms with Gasteiger partial charge in [-0.1, -0.05) is 6.07 Å². The molecule has 27 heavy (non-hydrogen) atoms. The summed E-state index contributed by atoms with van der Waals surface area (Å²) < 4.78 is 6.69. The van der Waals surface area contributed by atoms with Crippen LogP contribution in [0.3, 0.4) is 0 Å². The van der Waals surface area contributed by atoms with Crippen molar-refractivity contribution >= 4 is 17.7 Å². The summed E-state index contributed by atoms with van der Waals surface area (Å²) in [5.41, 5.74) is 7.82. The van der Waals surface area contributed by atoms with Crippen LogP contribution >= 0.6 is 0 Å². The molecule has 2 aromatic rings. The number of nitrogens with two attached hydrogens (primary N) is 1. The Bertz CT molecular complexity index is 881. The second-order valence-electron chi connectivity index (χ2n) is 7.22. The van der Waals surface area contributed by atoms with Gasteiger partial charge in [0.25, 0.3) is 0 Å². The van der Waals surface area contributed by atoms with Crippen LogP contribution in [0.2, 0.25) is 0 Å². The van der Waals surface area contributed by atoms with E-state index in [1.54, 1.807) is 17.8 Å². The van der Waals surface area contributed by atoms with E-state index in [1.807, 2.05) is 19.1 Å². The SMILES string of the molecule is CCOC(=O)c1cnn(Cc2ccc(N3C[C@@H]4C(C(N)=O)[C@@H]4C3)nc2C)c1. The highest BCUT2D eigenvalue weighted by atomic mass is 16.5. The number of rotatable bonds is 6. The number of pyridine rings is 1. The third kappa shape index (κ3) is 3.27. The first kappa shape index (κ1) is 17.5. The van der Waals surface area contributed by atoms with Crippen molar-refractivity contribution in [2.45, 2.75) is 20.4 Å².